The first-order valence-electron chi connectivity index (χ1n) is 6.20. The number of rotatable bonds is 12. The summed E-state index contributed by atoms with van der Waals surface area (Å²) in [5, 5.41) is 1.58. The molecule has 0 spiro atoms. The Morgan fingerprint density at radius 3 is 2.20 bits per heavy atom. The lowest BCUT2D eigenvalue weighted by Crippen LogP contribution is -2.16. The zero-order valence-corrected chi connectivity index (χ0v) is 10.8. The van der Waals surface area contributed by atoms with Gasteiger partial charge in [-0.2, -0.15) is 0 Å². The lowest BCUT2D eigenvalue weighted by Gasteiger charge is -2.03. The van der Waals surface area contributed by atoms with Gasteiger partial charge in [-0.05, 0) is 6.42 Å². The van der Waals surface area contributed by atoms with Gasteiger partial charge in [0.1, 0.15) is 0 Å². The molecule has 0 atom stereocenters. The summed E-state index contributed by atoms with van der Waals surface area (Å²) >= 11 is 4.63. The predicted molar refractivity (Wildman–Crippen MR) is 70.2 cm³/mol. The van der Waals surface area contributed by atoms with Crippen LogP contribution in [-0.4, -0.2) is 18.5 Å². The summed E-state index contributed by atoms with van der Waals surface area (Å²) < 4.78 is 0. The van der Waals surface area contributed by atoms with Gasteiger partial charge >= 0.3 is 0 Å². The van der Waals surface area contributed by atoms with E-state index in [4.69, 9.17) is 4.84 Å². The number of unbranched alkanes of at least 4 members (excludes halogenated alkanes) is 7. The van der Waals surface area contributed by atoms with E-state index >= 15 is 0 Å². The van der Waals surface area contributed by atoms with E-state index in [2.05, 4.69) is 24.6 Å². The highest BCUT2D eigenvalue weighted by Crippen LogP contribution is 2.07. The van der Waals surface area contributed by atoms with Crippen molar-refractivity contribution >= 4 is 17.6 Å². The van der Waals surface area contributed by atoms with E-state index in [0.29, 0.717) is 6.61 Å². The van der Waals surface area contributed by atoms with Crippen molar-refractivity contribution in [2.24, 2.45) is 0 Å². The lowest BCUT2D eigenvalue weighted by atomic mass is 10.1. The molecule has 0 rings (SSSR count). The molecule has 0 aromatic rings. The van der Waals surface area contributed by atoms with Crippen molar-refractivity contribution in [3.05, 3.63) is 0 Å². The molecule has 0 saturated carbocycles. The quantitative estimate of drug-likeness (QED) is 0.315. The molecule has 0 aliphatic carbocycles. The Kier molecular flexibility index (Phi) is 14.0. The molecule has 2 nitrogen and oxygen atoms in total. The molecule has 0 bridgehead atoms. The molecule has 0 aliphatic heterocycles. The minimum atomic E-state index is 0.520. The van der Waals surface area contributed by atoms with E-state index < -0.39 is 0 Å². The lowest BCUT2D eigenvalue weighted by molar-refractivity contribution is 0.0715. The summed E-state index contributed by atoms with van der Waals surface area (Å²) in [7, 11) is 0. The Balaban J connectivity index is 2.83. The van der Waals surface area contributed by atoms with Crippen LogP contribution in [0.15, 0.2) is 0 Å². The second kappa shape index (κ2) is 14.0. The van der Waals surface area contributed by atoms with Crippen LogP contribution in [0.5, 0.6) is 0 Å². The van der Waals surface area contributed by atoms with Crippen LogP contribution in [0.1, 0.15) is 58.3 Å². The van der Waals surface area contributed by atoms with Crippen LogP contribution in [-0.2, 0) is 4.84 Å². The van der Waals surface area contributed by atoms with E-state index in [-0.39, 0.29) is 0 Å². The first-order chi connectivity index (χ1) is 7.41. The predicted octanol–water partition coefficient (Wildman–Crippen LogP) is 3.65. The van der Waals surface area contributed by atoms with E-state index in [9.17, 15) is 0 Å². The van der Waals surface area contributed by atoms with Gasteiger partial charge < -0.3 is 0 Å². The summed E-state index contributed by atoms with van der Waals surface area (Å²) in [6.45, 7) is 3.72. The smallest absolute Gasteiger partial charge is 0.0965 e. The second-order valence-electron chi connectivity index (χ2n) is 3.85. The molecule has 0 radical (unpaired) electrons. The fourth-order valence-electron chi connectivity index (χ4n) is 1.50. The van der Waals surface area contributed by atoms with Crippen molar-refractivity contribution in [3.63, 3.8) is 0 Å². The number of hydroxylamine groups is 1. The highest BCUT2D eigenvalue weighted by Gasteiger charge is 1.91. The molecule has 15 heavy (non-hydrogen) atoms. The molecule has 1 N–H and O–H groups in total. The van der Waals surface area contributed by atoms with Crippen molar-refractivity contribution in [3.8, 4) is 0 Å². The maximum absolute atomic E-state index is 5.03. The average Bonchev–Trinajstić information content (AvgIpc) is 2.26. The molecular formula is C12H25NOS. The molecule has 0 amide bonds. The first kappa shape index (κ1) is 15.0. The highest BCUT2D eigenvalue weighted by molar-refractivity contribution is 7.79. The van der Waals surface area contributed by atoms with Crippen molar-refractivity contribution in [1.29, 1.82) is 0 Å². The van der Waals surface area contributed by atoms with Crippen molar-refractivity contribution in [2.45, 2.75) is 58.3 Å². The third-order valence-electron chi connectivity index (χ3n) is 2.39. The molecule has 0 aliphatic rings. The second-order valence-corrected chi connectivity index (χ2v) is 4.18. The topological polar surface area (TPSA) is 21.3 Å². The molecule has 0 unspecified atom stereocenters. The van der Waals surface area contributed by atoms with Gasteiger partial charge in [-0.15, -0.1) is 0 Å². The van der Waals surface area contributed by atoms with Gasteiger partial charge in [0.15, 0.2) is 0 Å². The number of hydrogen-bond donors (Lipinski definition) is 1. The zero-order valence-electron chi connectivity index (χ0n) is 9.96. The summed E-state index contributed by atoms with van der Waals surface area (Å²) in [5.41, 5.74) is 2.90. The fourth-order valence-corrected chi connectivity index (χ4v) is 1.56. The fraction of sp³-hybridized carbons (Fsp3) is 0.917. The Bertz CT molecular complexity index is 131. The minimum absolute atomic E-state index is 0.520. The van der Waals surface area contributed by atoms with Crippen molar-refractivity contribution in [2.75, 3.05) is 13.2 Å². The highest BCUT2D eigenvalue weighted by atomic mass is 32.1. The van der Waals surface area contributed by atoms with Crippen LogP contribution in [0.25, 0.3) is 0 Å². The SMILES string of the molecule is CCCCCCCCCCNOCC=S. The molecule has 0 aromatic carbocycles. The zero-order chi connectivity index (χ0) is 11.2. The van der Waals surface area contributed by atoms with Gasteiger partial charge in [0.25, 0.3) is 0 Å². The van der Waals surface area contributed by atoms with E-state index in [0.717, 1.165) is 6.54 Å². The first-order valence-corrected chi connectivity index (χ1v) is 6.67. The molecular weight excluding hydrogens is 206 g/mol. The number of nitrogens with one attached hydrogen (secondary N) is 1. The van der Waals surface area contributed by atoms with E-state index in [1.807, 2.05) is 0 Å². The minimum Gasteiger partial charge on any atom is -0.297 e. The summed E-state index contributed by atoms with van der Waals surface area (Å²) in [6.07, 6.45) is 10.8. The largest absolute Gasteiger partial charge is 0.297 e. The van der Waals surface area contributed by atoms with Crippen molar-refractivity contribution in [1.82, 2.24) is 5.48 Å². The average molecular weight is 231 g/mol. The van der Waals surface area contributed by atoms with Crippen molar-refractivity contribution < 1.29 is 4.84 Å². The van der Waals surface area contributed by atoms with Gasteiger partial charge in [0, 0.05) is 11.9 Å². The third kappa shape index (κ3) is 14.0. The summed E-state index contributed by atoms with van der Waals surface area (Å²) in [5.74, 6) is 0. The van der Waals surface area contributed by atoms with Gasteiger partial charge in [0.05, 0.1) is 6.61 Å². The Labute approximate surface area is 99.7 Å². The number of thiocarbonyl (C=S) groups is 1. The van der Waals surface area contributed by atoms with E-state index in [1.54, 1.807) is 5.37 Å². The monoisotopic (exact) mass is 231 g/mol. The van der Waals surface area contributed by atoms with Crippen LogP contribution < -0.4 is 5.48 Å². The molecule has 0 saturated heterocycles. The molecule has 90 valence electrons. The van der Waals surface area contributed by atoms with Crippen LogP contribution in [0.4, 0.5) is 0 Å². The Morgan fingerprint density at radius 2 is 1.60 bits per heavy atom. The third-order valence-corrected chi connectivity index (χ3v) is 2.52. The van der Waals surface area contributed by atoms with Crippen LogP contribution in [0.3, 0.4) is 0 Å². The molecule has 0 heterocycles. The van der Waals surface area contributed by atoms with Gasteiger partial charge in [-0.3, -0.25) is 4.84 Å². The summed E-state index contributed by atoms with van der Waals surface area (Å²) in [6, 6.07) is 0. The van der Waals surface area contributed by atoms with Gasteiger partial charge in [0.2, 0.25) is 0 Å². The van der Waals surface area contributed by atoms with Crippen LogP contribution >= 0.6 is 12.2 Å². The van der Waals surface area contributed by atoms with Crippen LogP contribution in [0.2, 0.25) is 0 Å². The maximum atomic E-state index is 5.03. The molecule has 3 heteroatoms. The molecule has 0 fully saturated rings. The molecule has 0 aromatic heterocycles. The Morgan fingerprint density at radius 1 is 1.00 bits per heavy atom. The standard InChI is InChI=1S/C12H25NOS/c1-2-3-4-5-6-7-8-9-10-13-14-11-12-15/h12-13H,2-11H2,1H3. The Hall–Kier alpha value is 0.01000. The maximum Gasteiger partial charge on any atom is 0.0965 e. The normalized spacial score (nSPS) is 10.5. The van der Waals surface area contributed by atoms with Gasteiger partial charge in [-0.25, -0.2) is 5.48 Å². The summed E-state index contributed by atoms with van der Waals surface area (Å²) in [4.78, 5) is 5.03. The van der Waals surface area contributed by atoms with Crippen LogP contribution in [0, 0.1) is 0 Å². The number of hydrogen-bond acceptors (Lipinski definition) is 3. The van der Waals surface area contributed by atoms with Gasteiger partial charge in [-0.1, -0.05) is 64.1 Å². The van der Waals surface area contributed by atoms with E-state index in [1.165, 1.54) is 51.4 Å².